The Hall–Kier alpha value is -0.810. The molecular formula is C20H39N3O2. The summed E-state index contributed by atoms with van der Waals surface area (Å²) in [7, 11) is 0. The van der Waals surface area contributed by atoms with Gasteiger partial charge in [0.15, 0.2) is 0 Å². The van der Waals surface area contributed by atoms with Crippen molar-refractivity contribution in [3.05, 3.63) is 0 Å². The molecule has 0 N–H and O–H groups in total. The summed E-state index contributed by atoms with van der Waals surface area (Å²) in [6.07, 6.45) is 4.33. The maximum absolute atomic E-state index is 12.4. The predicted octanol–water partition coefficient (Wildman–Crippen LogP) is 3.58. The highest BCUT2D eigenvalue weighted by Gasteiger charge is 2.39. The Morgan fingerprint density at radius 3 is 2.20 bits per heavy atom. The molecular weight excluding hydrogens is 314 g/mol. The molecule has 2 fully saturated rings. The third-order valence-electron chi connectivity index (χ3n) is 5.94. The van der Waals surface area contributed by atoms with Gasteiger partial charge in [0.25, 0.3) is 0 Å². The number of hydrogen-bond donors (Lipinski definition) is 0. The lowest BCUT2D eigenvalue weighted by atomic mass is 9.85. The Balaban J connectivity index is 1.97. The number of piperazine rings is 1. The maximum Gasteiger partial charge on any atom is 0.410 e. The van der Waals surface area contributed by atoms with Crippen molar-refractivity contribution in [2.24, 2.45) is 0 Å². The van der Waals surface area contributed by atoms with E-state index in [1.54, 1.807) is 0 Å². The second kappa shape index (κ2) is 8.26. The molecule has 2 heterocycles. The quantitative estimate of drug-likeness (QED) is 0.777. The Morgan fingerprint density at radius 2 is 1.68 bits per heavy atom. The van der Waals surface area contributed by atoms with Gasteiger partial charge in [-0.2, -0.15) is 0 Å². The molecule has 1 atom stereocenters. The molecule has 2 aliphatic heterocycles. The van der Waals surface area contributed by atoms with Gasteiger partial charge in [0.1, 0.15) is 5.60 Å². The average molecular weight is 354 g/mol. The molecule has 146 valence electrons. The minimum absolute atomic E-state index is 0.149. The average Bonchev–Trinajstić information content (AvgIpc) is 2.77. The van der Waals surface area contributed by atoms with Crippen molar-refractivity contribution >= 4 is 6.09 Å². The summed E-state index contributed by atoms with van der Waals surface area (Å²) in [4.78, 5) is 19.7. The molecule has 5 heteroatoms. The Kier molecular flexibility index (Phi) is 6.77. The summed E-state index contributed by atoms with van der Waals surface area (Å²) in [5.74, 6) is 0. The molecule has 1 amide bonds. The van der Waals surface area contributed by atoms with Gasteiger partial charge in [0, 0.05) is 50.8 Å². The van der Waals surface area contributed by atoms with E-state index in [1.165, 1.54) is 6.42 Å². The number of rotatable bonds is 3. The van der Waals surface area contributed by atoms with Crippen LogP contribution in [0.25, 0.3) is 0 Å². The third-order valence-corrected chi connectivity index (χ3v) is 5.94. The molecule has 0 radical (unpaired) electrons. The van der Waals surface area contributed by atoms with E-state index in [1.807, 2.05) is 25.7 Å². The van der Waals surface area contributed by atoms with Gasteiger partial charge in [-0.25, -0.2) is 4.79 Å². The Bertz CT molecular complexity index is 439. The minimum Gasteiger partial charge on any atom is -0.444 e. The molecule has 0 spiro atoms. The fraction of sp³-hybridized carbons (Fsp3) is 0.950. The lowest BCUT2D eigenvalue weighted by molar-refractivity contribution is 0.00697. The van der Waals surface area contributed by atoms with Crippen molar-refractivity contribution in [2.45, 2.75) is 84.4 Å². The van der Waals surface area contributed by atoms with Crippen molar-refractivity contribution in [3.63, 3.8) is 0 Å². The van der Waals surface area contributed by atoms with Crippen LogP contribution in [0, 0.1) is 0 Å². The van der Waals surface area contributed by atoms with Gasteiger partial charge in [-0.1, -0.05) is 6.92 Å². The van der Waals surface area contributed by atoms with Crippen LogP contribution in [0.1, 0.15) is 67.2 Å². The van der Waals surface area contributed by atoms with E-state index in [4.69, 9.17) is 4.74 Å². The Morgan fingerprint density at radius 1 is 1.04 bits per heavy atom. The van der Waals surface area contributed by atoms with E-state index >= 15 is 0 Å². The highest BCUT2D eigenvalue weighted by Crippen LogP contribution is 2.33. The molecule has 2 aliphatic rings. The Labute approximate surface area is 154 Å². The molecule has 2 rings (SSSR count). The van der Waals surface area contributed by atoms with Crippen molar-refractivity contribution < 1.29 is 9.53 Å². The molecule has 1 unspecified atom stereocenters. The van der Waals surface area contributed by atoms with Crippen molar-refractivity contribution in [3.8, 4) is 0 Å². The zero-order chi connectivity index (χ0) is 18.7. The second-order valence-electron chi connectivity index (χ2n) is 9.02. The normalized spacial score (nSPS) is 27.4. The topological polar surface area (TPSA) is 36.0 Å². The molecule has 2 saturated heterocycles. The van der Waals surface area contributed by atoms with Crippen LogP contribution in [0.5, 0.6) is 0 Å². The van der Waals surface area contributed by atoms with Crippen LogP contribution >= 0.6 is 0 Å². The minimum atomic E-state index is -0.418. The lowest BCUT2D eigenvalue weighted by Crippen LogP contribution is -2.58. The molecule has 0 aromatic rings. The number of ether oxygens (including phenoxy) is 1. The van der Waals surface area contributed by atoms with Gasteiger partial charge >= 0.3 is 6.09 Å². The van der Waals surface area contributed by atoms with Crippen LogP contribution in [0.4, 0.5) is 4.79 Å². The molecule has 5 nitrogen and oxygen atoms in total. The first kappa shape index (κ1) is 20.5. The molecule has 0 bridgehead atoms. The van der Waals surface area contributed by atoms with E-state index in [0.29, 0.717) is 6.04 Å². The zero-order valence-corrected chi connectivity index (χ0v) is 17.3. The van der Waals surface area contributed by atoms with Gasteiger partial charge in [-0.3, -0.25) is 9.80 Å². The summed E-state index contributed by atoms with van der Waals surface area (Å²) in [5.41, 5.74) is -0.168. The SMILES string of the molecule is CCC1(N2CCN(C(C)C)CC2)CCCN(C(=O)OC(C)(C)C)CC1. The van der Waals surface area contributed by atoms with Crippen molar-refractivity contribution in [1.29, 1.82) is 0 Å². The first-order chi connectivity index (χ1) is 11.7. The summed E-state index contributed by atoms with van der Waals surface area (Å²) >= 11 is 0. The lowest BCUT2D eigenvalue weighted by Gasteiger charge is -2.48. The first-order valence-electron chi connectivity index (χ1n) is 10.1. The van der Waals surface area contributed by atoms with Gasteiger partial charge in [0.2, 0.25) is 0 Å². The summed E-state index contributed by atoms with van der Waals surface area (Å²) in [6, 6.07) is 0.636. The highest BCUT2D eigenvalue weighted by molar-refractivity contribution is 5.68. The molecule has 0 saturated carbocycles. The zero-order valence-electron chi connectivity index (χ0n) is 17.3. The van der Waals surface area contributed by atoms with Crippen LogP contribution < -0.4 is 0 Å². The summed E-state index contributed by atoms with van der Waals surface area (Å²) in [5, 5.41) is 0. The molecule has 0 aromatic carbocycles. The van der Waals surface area contributed by atoms with Gasteiger partial charge in [-0.15, -0.1) is 0 Å². The van der Waals surface area contributed by atoms with E-state index in [2.05, 4.69) is 30.6 Å². The van der Waals surface area contributed by atoms with Gasteiger partial charge in [0.05, 0.1) is 0 Å². The van der Waals surface area contributed by atoms with Crippen LogP contribution in [0.2, 0.25) is 0 Å². The van der Waals surface area contributed by atoms with Crippen molar-refractivity contribution in [1.82, 2.24) is 14.7 Å². The van der Waals surface area contributed by atoms with E-state index < -0.39 is 5.60 Å². The number of nitrogens with zero attached hydrogens (tertiary/aromatic N) is 3. The third kappa shape index (κ3) is 5.33. The summed E-state index contributed by atoms with van der Waals surface area (Å²) in [6.45, 7) is 19.0. The smallest absolute Gasteiger partial charge is 0.410 e. The molecule has 0 aliphatic carbocycles. The monoisotopic (exact) mass is 353 g/mol. The number of amides is 1. The predicted molar refractivity (Wildman–Crippen MR) is 103 cm³/mol. The second-order valence-corrected chi connectivity index (χ2v) is 9.02. The molecule has 0 aromatic heterocycles. The van der Waals surface area contributed by atoms with Gasteiger partial charge < -0.3 is 9.64 Å². The largest absolute Gasteiger partial charge is 0.444 e. The maximum atomic E-state index is 12.4. The molecule has 25 heavy (non-hydrogen) atoms. The first-order valence-corrected chi connectivity index (χ1v) is 10.1. The number of carbonyl (C=O) groups excluding carboxylic acids is 1. The van der Waals surface area contributed by atoms with E-state index in [0.717, 1.165) is 58.5 Å². The van der Waals surface area contributed by atoms with E-state index in [-0.39, 0.29) is 11.6 Å². The fourth-order valence-corrected chi connectivity index (χ4v) is 4.29. The summed E-state index contributed by atoms with van der Waals surface area (Å²) < 4.78 is 5.59. The van der Waals surface area contributed by atoms with Gasteiger partial charge in [-0.05, 0) is 60.3 Å². The highest BCUT2D eigenvalue weighted by atomic mass is 16.6. The number of carbonyl (C=O) groups is 1. The van der Waals surface area contributed by atoms with Crippen molar-refractivity contribution in [2.75, 3.05) is 39.3 Å². The standard InChI is InChI=1S/C20H39N3O2/c1-7-20(23-15-13-21(14-16-23)17(2)3)9-8-11-22(12-10-20)18(24)25-19(4,5)6/h17H,7-16H2,1-6H3. The van der Waals surface area contributed by atoms with Crippen LogP contribution in [0.3, 0.4) is 0 Å². The van der Waals surface area contributed by atoms with Crippen LogP contribution in [-0.2, 0) is 4.74 Å². The number of hydrogen-bond acceptors (Lipinski definition) is 4. The van der Waals surface area contributed by atoms with E-state index in [9.17, 15) is 4.79 Å². The number of likely N-dealkylation sites (tertiary alicyclic amines) is 1. The fourth-order valence-electron chi connectivity index (χ4n) is 4.29. The van der Waals surface area contributed by atoms with Crippen LogP contribution in [0.15, 0.2) is 0 Å². The van der Waals surface area contributed by atoms with Crippen LogP contribution in [-0.4, -0.2) is 77.2 Å².